The van der Waals surface area contributed by atoms with Crippen LogP contribution >= 0.6 is 11.8 Å². The summed E-state index contributed by atoms with van der Waals surface area (Å²) in [6.07, 6.45) is 0.784. The Labute approximate surface area is 158 Å². The number of benzene rings is 2. The smallest absolute Gasteiger partial charge is 0.213 e. The zero-order valence-electron chi connectivity index (χ0n) is 14.8. The van der Waals surface area contributed by atoms with Gasteiger partial charge in [-0.05, 0) is 49.2 Å². The molecule has 1 heterocycles. The molecule has 1 aliphatic rings. The van der Waals surface area contributed by atoms with Crippen LogP contribution in [0.1, 0.15) is 24.8 Å². The van der Waals surface area contributed by atoms with Crippen LogP contribution in [0.3, 0.4) is 0 Å². The first-order valence-corrected chi connectivity index (χ1v) is 10.9. The molecule has 0 N–H and O–H groups in total. The van der Waals surface area contributed by atoms with Crippen molar-refractivity contribution >= 4 is 21.8 Å². The Bertz CT molecular complexity index is 886. The van der Waals surface area contributed by atoms with Gasteiger partial charge in [-0.25, -0.2) is 17.1 Å². The lowest BCUT2D eigenvalue weighted by Gasteiger charge is -2.17. The van der Waals surface area contributed by atoms with Crippen LogP contribution in [0.25, 0.3) is 0 Å². The van der Waals surface area contributed by atoms with Crippen LogP contribution in [0.4, 0.5) is 4.39 Å². The first-order valence-electron chi connectivity index (χ1n) is 8.52. The summed E-state index contributed by atoms with van der Waals surface area (Å²) >= 11 is 1.46. The van der Waals surface area contributed by atoms with Gasteiger partial charge in [-0.3, -0.25) is 0 Å². The summed E-state index contributed by atoms with van der Waals surface area (Å²) in [5.41, 5.74) is 1.02. The number of methoxy groups -OCH3 is 1. The number of rotatable bonds is 6. The zero-order chi connectivity index (χ0) is 18.7. The normalized spacial score (nSPS) is 18.2. The van der Waals surface area contributed by atoms with Gasteiger partial charge in [-0.2, -0.15) is 0 Å². The lowest BCUT2D eigenvalue weighted by atomic mass is 9.97. The molecular weight excluding hydrogens is 373 g/mol. The monoisotopic (exact) mass is 395 g/mol. The summed E-state index contributed by atoms with van der Waals surface area (Å²) in [5.74, 6) is 0.730. The summed E-state index contributed by atoms with van der Waals surface area (Å²) in [6, 6.07) is 12.4. The maximum absolute atomic E-state index is 13.4. The Kier molecular flexibility index (Phi) is 5.89. The average Bonchev–Trinajstić information content (AvgIpc) is 3.12. The zero-order valence-corrected chi connectivity index (χ0v) is 16.4. The summed E-state index contributed by atoms with van der Waals surface area (Å²) in [5, 5.41) is 0. The SMILES string of the molecule is CCS(=O)(=O)N1CC[C@@H](c2ccc(Sc3cccc(F)c3)cc2OC)C1. The van der Waals surface area contributed by atoms with Crippen molar-refractivity contribution in [2.24, 2.45) is 0 Å². The molecule has 26 heavy (non-hydrogen) atoms. The number of halogens is 1. The molecule has 0 aliphatic carbocycles. The van der Waals surface area contributed by atoms with Gasteiger partial charge in [0.05, 0.1) is 12.9 Å². The maximum Gasteiger partial charge on any atom is 0.213 e. The van der Waals surface area contributed by atoms with Gasteiger partial charge in [0.15, 0.2) is 0 Å². The van der Waals surface area contributed by atoms with Crippen LogP contribution in [0.5, 0.6) is 5.75 Å². The second-order valence-electron chi connectivity index (χ2n) is 6.21. The first-order chi connectivity index (χ1) is 12.4. The van der Waals surface area contributed by atoms with Gasteiger partial charge in [0.25, 0.3) is 0 Å². The average molecular weight is 396 g/mol. The highest BCUT2D eigenvalue weighted by molar-refractivity contribution is 7.99. The van der Waals surface area contributed by atoms with E-state index in [9.17, 15) is 12.8 Å². The molecule has 1 aliphatic heterocycles. The number of ether oxygens (including phenoxy) is 1. The van der Waals surface area contributed by atoms with E-state index in [4.69, 9.17) is 4.74 Å². The van der Waals surface area contributed by atoms with E-state index in [0.29, 0.717) is 13.1 Å². The van der Waals surface area contributed by atoms with Crippen molar-refractivity contribution in [1.82, 2.24) is 4.31 Å². The van der Waals surface area contributed by atoms with Crippen LogP contribution in [-0.4, -0.2) is 38.7 Å². The molecule has 0 unspecified atom stereocenters. The van der Waals surface area contributed by atoms with E-state index in [1.165, 1.54) is 23.9 Å². The molecule has 3 rings (SSSR count). The summed E-state index contributed by atoms with van der Waals surface area (Å²) in [7, 11) is -1.54. The molecule has 4 nitrogen and oxygen atoms in total. The first kappa shape index (κ1) is 19.2. The molecule has 2 aromatic carbocycles. The van der Waals surface area contributed by atoms with Crippen LogP contribution in [0, 0.1) is 5.82 Å². The van der Waals surface area contributed by atoms with Gasteiger partial charge in [0.1, 0.15) is 11.6 Å². The van der Waals surface area contributed by atoms with E-state index >= 15 is 0 Å². The minimum Gasteiger partial charge on any atom is -0.496 e. The number of sulfonamides is 1. The van der Waals surface area contributed by atoms with E-state index < -0.39 is 10.0 Å². The minimum absolute atomic E-state index is 0.125. The van der Waals surface area contributed by atoms with Gasteiger partial charge in [0, 0.05) is 28.8 Å². The Morgan fingerprint density at radius 3 is 2.69 bits per heavy atom. The van der Waals surface area contributed by atoms with Gasteiger partial charge >= 0.3 is 0 Å². The third kappa shape index (κ3) is 4.22. The molecule has 0 saturated carbocycles. The molecular formula is C19H22FNO3S2. The number of nitrogens with zero attached hydrogens (tertiary/aromatic N) is 1. The fraction of sp³-hybridized carbons (Fsp3) is 0.368. The van der Waals surface area contributed by atoms with Crippen molar-refractivity contribution in [3.63, 3.8) is 0 Å². The van der Waals surface area contributed by atoms with E-state index in [1.54, 1.807) is 24.4 Å². The highest BCUT2D eigenvalue weighted by Gasteiger charge is 2.32. The summed E-state index contributed by atoms with van der Waals surface area (Å²) in [4.78, 5) is 1.77. The molecule has 2 aromatic rings. The third-order valence-corrected chi connectivity index (χ3v) is 7.41. The van der Waals surface area contributed by atoms with Crippen LogP contribution in [0.2, 0.25) is 0 Å². The predicted molar refractivity (Wildman–Crippen MR) is 102 cm³/mol. The summed E-state index contributed by atoms with van der Waals surface area (Å²) < 4.78 is 44.6. The molecule has 0 aromatic heterocycles. The van der Waals surface area contributed by atoms with E-state index in [1.807, 2.05) is 24.3 Å². The van der Waals surface area contributed by atoms with Crippen molar-refractivity contribution < 1.29 is 17.5 Å². The maximum atomic E-state index is 13.4. The van der Waals surface area contributed by atoms with Crippen molar-refractivity contribution in [1.29, 1.82) is 0 Å². The van der Waals surface area contributed by atoms with Crippen molar-refractivity contribution in [3.05, 3.63) is 53.8 Å². The van der Waals surface area contributed by atoms with Crippen molar-refractivity contribution in [2.45, 2.75) is 29.1 Å². The molecule has 7 heteroatoms. The lowest BCUT2D eigenvalue weighted by Crippen LogP contribution is -2.29. The van der Waals surface area contributed by atoms with E-state index in [-0.39, 0.29) is 17.5 Å². The fourth-order valence-corrected chi connectivity index (χ4v) is 5.22. The standard InChI is InChI=1S/C19H22FNO3S2/c1-3-26(22,23)21-10-9-14(13-21)18-8-7-17(12-19(18)24-2)25-16-6-4-5-15(20)11-16/h4-8,11-12,14H,3,9-10,13H2,1-2H3/t14-/m1/s1. The molecule has 1 saturated heterocycles. The van der Waals surface area contributed by atoms with Gasteiger partial charge in [0.2, 0.25) is 10.0 Å². The lowest BCUT2D eigenvalue weighted by molar-refractivity contribution is 0.403. The second-order valence-corrected chi connectivity index (χ2v) is 9.61. The third-order valence-electron chi connectivity index (χ3n) is 4.59. The van der Waals surface area contributed by atoms with Crippen molar-refractivity contribution in [2.75, 3.05) is 26.0 Å². The minimum atomic E-state index is -3.16. The molecule has 1 atom stereocenters. The molecule has 1 fully saturated rings. The molecule has 0 radical (unpaired) electrons. The van der Waals surface area contributed by atoms with Gasteiger partial charge in [-0.15, -0.1) is 0 Å². The second kappa shape index (κ2) is 7.98. The predicted octanol–water partition coefficient (Wildman–Crippen LogP) is 4.12. The topological polar surface area (TPSA) is 46.6 Å². The molecule has 0 bridgehead atoms. The molecule has 0 amide bonds. The molecule has 0 spiro atoms. The van der Waals surface area contributed by atoms with Gasteiger partial charge < -0.3 is 4.74 Å². The van der Waals surface area contributed by atoms with Crippen LogP contribution in [0.15, 0.2) is 52.3 Å². The molecule has 140 valence electrons. The number of hydrogen-bond donors (Lipinski definition) is 0. The van der Waals surface area contributed by atoms with E-state index in [0.717, 1.165) is 27.5 Å². The highest BCUT2D eigenvalue weighted by atomic mass is 32.2. The number of hydrogen-bond acceptors (Lipinski definition) is 4. The van der Waals surface area contributed by atoms with Gasteiger partial charge in [-0.1, -0.05) is 23.9 Å². The highest BCUT2D eigenvalue weighted by Crippen LogP contribution is 2.38. The quantitative estimate of drug-likeness (QED) is 0.738. The summed E-state index contributed by atoms with van der Waals surface area (Å²) in [6.45, 7) is 2.70. The van der Waals surface area contributed by atoms with E-state index in [2.05, 4.69) is 0 Å². The van der Waals surface area contributed by atoms with Crippen molar-refractivity contribution in [3.8, 4) is 5.75 Å². The Morgan fingerprint density at radius 2 is 2.00 bits per heavy atom. The Hall–Kier alpha value is -1.57. The van der Waals surface area contributed by atoms with Crippen LogP contribution < -0.4 is 4.74 Å². The largest absolute Gasteiger partial charge is 0.496 e. The fourth-order valence-electron chi connectivity index (χ4n) is 3.18. The Morgan fingerprint density at radius 1 is 1.23 bits per heavy atom. The Balaban J connectivity index is 1.79. The van der Waals surface area contributed by atoms with Crippen LogP contribution in [-0.2, 0) is 10.0 Å².